The second-order valence-corrected chi connectivity index (χ2v) is 7.93. The molecule has 160 valence electrons. The third-order valence-electron chi connectivity index (χ3n) is 5.64. The van der Waals surface area contributed by atoms with Gasteiger partial charge in [-0.25, -0.2) is 4.39 Å². The van der Waals surface area contributed by atoms with Crippen molar-refractivity contribution in [1.29, 1.82) is 0 Å². The van der Waals surface area contributed by atoms with Crippen LogP contribution in [0.5, 0.6) is 0 Å². The molecule has 1 aromatic heterocycles. The van der Waals surface area contributed by atoms with Crippen LogP contribution in [0.15, 0.2) is 67.0 Å². The Bertz CT molecular complexity index is 1070. The SMILES string of the molecule is Cc1cccc(N(CC(=O)N2CCCCC2)C(=O)c2ccc(-n3cccc3)c(F)c2)c1. The van der Waals surface area contributed by atoms with E-state index in [1.807, 2.05) is 42.2 Å². The lowest BCUT2D eigenvalue weighted by molar-refractivity contribution is -0.130. The van der Waals surface area contributed by atoms with Crippen LogP contribution in [0, 0.1) is 12.7 Å². The van der Waals surface area contributed by atoms with Crippen molar-refractivity contribution in [3.8, 4) is 5.69 Å². The van der Waals surface area contributed by atoms with Gasteiger partial charge in [-0.1, -0.05) is 12.1 Å². The van der Waals surface area contributed by atoms with Gasteiger partial charge in [0, 0.05) is 36.7 Å². The molecule has 1 fully saturated rings. The van der Waals surface area contributed by atoms with Gasteiger partial charge in [0.2, 0.25) is 5.91 Å². The molecule has 0 atom stereocenters. The normalized spacial score (nSPS) is 13.8. The van der Waals surface area contributed by atoms with Crippen molar-refractivity contribution in [2.45, 2.75) is 26.2 Å². The Hall–Kier alpha value is -3.41. The molecule has 6 heteroatoms. The first-order valence-electron chi connectivity index (χ1n) is 10.6. The molecule has 1 aliphatic heterocycles. The maximum atomic E-state index is 14.8. The number of rotatable bonds is 5. The zero-order valence-corrected chi connectivity index (χ0v) is 17.6. The number of amides is 2. The highest BCUT2D eigenvalue weighted by Crippen LogP contribution is 2.22. The van der Waals surface area contributed by atoms with Crippen LogP contribution in [0.1, 0.15) is 35.2 Å². The van der Waals surface area contributed by atoms with Crippen LogP contribution in [0.2, 0.25) is 0 Å². The lowest BCUT2D eigenvalue weighted by Gasteiger charge is -2.30. The van der Waals surface area contributed by atoms with Crippen molar-refractivity contribution in [1.82, 2.24) is 9.47 Å². The maximum Gasteiger partial charge on any atom is 0.258 e. The molecule has 2 aromatic carbocycles. The summed E-state index contributed by atoms with van der Waals surface area (Å²) < 4.78 is 16.4. The van der Waals surface area contributed by atoms with Crippen LogP contribution in [0.4, 0.5) is 10.1 Å². The van der Waals surface area contributed by atoms with Gasteiger partial charge in [0.25, 0.3) is 5.91 Å². The van der Waals surface area contributed by atoms with Gasteiger partial charge < -0.3 is 9.47 Å². The number of aryl methyl sites for hydroxylation is 1. The van der Waals surface area contributed by atoms with Gasteiger partial charge in [-0.2, -0.15) is 0 Å². The third kappa shape index (κ3) is 4.68. The molecule has 2 amide bonds. The van der Waals surface area contributed by atoms with E-state index >= 15 is 0 Å². The minimum absolute atomic E-state index is 0.0662. The number of carbonyl (C=O) groups excluding carboxylic acids is 2. The third-order valence-corrected chi connectivity index (χ3v) is 5.64. The number of hydrogen-bond acceptors (Lipinski definition) is 2. The molecule has 0 N–H and O–H groups in total. The largest absolute Gasteiger partial charge is 0.341 e. The van der Waals surface area contributed by atoms with Crippen LogP contribution in [0.3, 0.4) is 0 Å². The highest BCUT2D eigenvalue weighted by molar-refractivity contribution is 6.08. The van der Waals surface area contributed by atoms with E-state index in [2.05, 4.69) is 0 Å². The molecule has 2 heterocycles. The van der Waals surface area contributed by atoms with Gasteiger partial charge >= 0.3 is 0 Å². The molecule has 0 saturated carbocycles. The fourth-order valence-electron chi connectivity index (χ4n) is 3.96. The second kappa shape index (κ2) is 9.16. The molecule has 4 rings (SSSR count). The van der Waals surface area contributed by atoms with Crippen molar-refractivity contribution >= 4 is 17.5 Å². The molecule has 0 unspecified atom stereocenters. The highest BCUT2D eigenvalue weighted by Gasteiger charge is 2.25. The Labute approximate surface area is 181 Å². The van der Waals surface area contributed by atoms with Gasteiger partial charge in [0.05, 0.1) is 5.69 Å². The molecule has 0 aliphatic carbocycles. The van der Waals surface area contributed by atoms with Crippen molar-refractivity contribution in [2.24, 2.45) is 0 Å². The van der Waals surface area contributed by atoms with Crippen LogP contribution in [0.25, 0.3) is 5.69 Å². The maximum absolute atomic E-state index is 14.8. The summed E-state index contributed by atoms with van der Waals surface area (Å²) in [4.78, 5) is 29.6. The van der Waals surface area contributed by atoms with Crippen molar-refractivity contribution in [3.05, 3.63) is 83.9 Å². The van der Waals surface area contributed by atoms with Crippen molar-refractivity contribution in [3.63, 3.8) is 0 Å². The van der Waals surface area contributed by atoms with E-state index in [9.17, 15) is 14.0 Å². The van der Waals surface area contributed by atoms with E-state index in [1.165, 1.54) is 11.0 Å². The van der Waals surface area contributed by atoms with Crippen molar-refractivity contribution < 1.29 is 14.0 Å². The van der Waals surface area contributed by atoms with Gasteiger partial charge in [0.1, 0.15) is 12.4 Å². The Morgan fingerprint density at radius 2 is 1.71 bits per heavy atom. The first-order valence-corrected chi connectivity index (χ1v) is 10.6. The number of likely N-dealkylation sites (tertiary alicyclic amines) is 1. The Morgan fingerprint density at radius 1 is 0.968 bits per heavy atom. The van der Waals surface area contributed by atoms with Gasteiger partial charge in [-0.05, 0) is 74.2 Å². The summed E-state index contributed by atoms with van der Waals surface area (Å²) in [6.45, 7) is 3.30. The first kappa shape index (κ1) is 20.8. The van der Waals surface area contributed by atoms with E-state index in [4.69, 9.17) is 0 Å². The molecule has 0 spiro atoms. The molecular weight excluding hydrogens is 393 g/mol. The number of anilines is 1. The summed E-state index contributed by atoms with van der Waals surface area (Å²) in [5.74, 6) is -0.971. The predicted molar refractivity (Wildman–Crippen MR) is 119 cm³/mol. The summed E-state index contributed by atoms with van der Waals surface area (Å²) in [6, 6.07) is 15.5. The lowest BCUT2D eigenvalue weighted by atomic mass is 10.1. The van der Waals surface area contributed by atoms with Gasteiger partial charge in [0.15, 0.2) is 0 Å². The minimum atomic E-state index is -0.492. The van der Waals surface area contributed by atoms with Gasteiger partial charge in [-0.3, -0.25) is 14.5 Å². The van der Waals surface area contributed by atoms with E-state index in [0.29, 0.717) is 11.4 Å². The van der Waals surface area contributed by atoms with E-state index in [1.54, 1.807) is 35.2 Å². The summed E-state index contributed by atoms with van der Waals surface area (Å²) >= 11 is 0. The molecule has 1 saturated heterocycles. The number of carbonyl (C=O) groups is 2. The summed E-state index contributed by atoms with van der Waals surface area (Å²) in [5.41, 5.74) is 2.19. The second-order valence-electron chi connectivity index (χ2n) is 7.93. The Morgan fingerprint density at radius 3 is 2.39 bits per heavy atom. The summed E-state index contributed by atoms with van der Waals surface area (Å²) in [6.07, 6.45) is 6.58. The summed E-state index contributed by atoms with van der Waals surface area (Å²) in [7, 11) is 0. The number of aromatic nitrogens is 1. The molecular formula is C25H26FN3O2. The van der Waals surface area contributed by atoms with E-state index in [-0.39, 0.29) is 18.0 Å². The van der Waals surface area contributed by atoms with Crippen LogP contribution < -0.4 is 4.90 Å². The highest BCUT2D eigenvalue weighted by atomic mass is 19.1. The number of nitrogens with zero attached hydrogens (tertiary/aromatic N) is 3. The average Bonchev–Trinajstić information content (AvgIpc) is 3.32. The van der Waals surface area contributed by atoms with Crippen LogP contribution in [-0.2, 0) is 4.79 Å². The molecule has 31 heavy (non-hydrogen) atoms. The Kier molecular flexibility index (Phi) is 6.16. The quantitative estimate of drug-likeness (QED) is 0.608. The molecule has 3 aromatic rings. The van der Waals surface area contributed by atoms with Gasteiger partial charge in [-0.15, -0.1) is 0 Å². The average molecular weight is 420 g/mol. The van der Waals surface area contributed by atoms with Crippen molar-refractivity contribution in [2.75, 3.05) is 24.5 Å². The molecule has 0 bridgehead atoms. The molecule has 0 radical (unpaired) electrons. The van der Waals surface area contributed by atoms with Crippen LogP contribution >= 0.6 is 0 Å². The molecule has 5 nitrogen and oxygen atoms in total. The van der Waals surface area contributed by atoms with E-state index < -0.39 is 11.7 Å². The fourth-order valence-corrected chi connectivity index (χ4v) is 3.96. The minimum Gasteiger partial charge on any atom is -0.341 e. The fraction of sp³-hybridized carbons (Fsp3) is 0.280. The Balaban J connectivity index is 1.63. The zero-order valence-electron chi connectivity index (χ0n) is 17.6. The number of halogens is 1. The van der Waals surface area contributed by atoms with Crippen LogP contribution in [-0.4, -0.2) is 40.9 Å². The van der Waals surface area contributed by atoms with E-state index in [0.717, 1.165) is 37.9 Å². The smallest absolute Gasteiger partial charge is 0.258 e. The topological polar surface area (TPSA) is 45.6 Å². The standard InChI is InChI=1S/C25H26FN3O2/c1-19-8-7-9-21(16-19)29(18-24(30)28-14-3-2-4-15-28)25(31)20-10-11-23(22(26)17-20)27-12-5-6-13-27/h5-13,16-17H,2-4,14-15,18H2,1H3. The zero-order chi connectivity index (χ0) is 21.8. The lowest BCUT2D eigenvalue weighted by Crippen LogP contribution is -2.45. The monoisotopic (exact) mass is 419 g/mol. The number of hydrogen-bond donors (Lipinski definition) is 0. The number of piperidine rings is 1. The molecule has 1 aliphatic rings. The number of benzene rings is 2. The predicted octanol–water partition coefficient (Wildman–Crippen LogP) is 4.58. The summed E-state index contributed by atoms with van der Waals surface area (Å²) in [5, 5.41) is 0. The first-order chi connectivity index (χ1) is 15.0.